The zero-order chi connectivity index (χ0) is 11.3. The van der Waals surface area contributed by atoms with E-state index in [2.05, 4.69) is 10.2 Å². The minimum Gasteiger partial charge on any atom is -0.332 e. The third-order valence-electron chi connectivity index (χ3n) is 1.79. The summed E-state index contributed by atoms with van der Waals surface area (Å²) in [5, 5.41) is 6.02. The average molecular weight is 218 g/mol. The Morgan fingerprint density at radius 1 is 1.67 bits per heavy atom. The van der Waals surface area contributed by atoms with Gasteiger partial charge in [0, 0.05) is 19.3 Å². The van der Waals surface area contributed by atoms with Gasteiger partial charge in [-0.2, -0.15) is 5.10 Å². The number of alkyl halides is 2. The standard InChI is InChI=1S/C8H12F2N4O/c9-7(10)5-14(2-1-11)8(15)6-3-12-13-4-6/h3-4,7H,1-2,5,11H2,(H,12,13). The molecule has 0 spiro atoms. The number of carbonyl (C=O) groups excluding carboxylic acids is 1. The lowest BCUT2D eigenvalue weighted by atomic mass is 10.3. The van der Waals surface area contributed by atoms with Crippen LogP contribution in [0.15, 0.2) is 12.4 Å². The summed E-state index contributed by atoms with van der Waals surface area (Å²) in [7, 11) is 0. The summed E-state index contributed by atoms with van der Waals surface area (Å²) >= 11 is 0. The van der Waals surface area contributed by atoms with E-state index in [4.69, 9.17) is 5.73 Å². The molecular weight excluding hydrogens is 206 g/mol. The third kappa shape index (κ3) is 3.28. The molecule has 0 aliphatic heterocycles. The van der Waals surface area contributed by atoms with E-state index in [-0.39, 0.29) is 18.7 Å². The molecule has 0 aliphatic carbocycles. The lowest BCUT2D eigenvalue weighted by Gasteiger charge is -2.20. The van der Waals surface area contributed by atoms with Crippen LogP contribution in [0.5, 0.6) is 0 Å². The number of nitrogens with one attached hydrogen (secondary N) is 1. The first-order valence-corrected chi connectivity index (χ1v) is 4.41. The van der Waals surface area contributed by atoms with Gasteiger partial charge in [0.2, 0.25) is 0 Å². The molecule has 0 atom stereocenters. The fourth-order valence-corrected chi connectivity index (χ4v) is 1.15. The van der Waals surface area contributed by atoms with Gasteiger partial charge in [-0.25, -0.2) is 8.78 Å². The van der Waals surface area contributed by atoms with Gasteiger partial charge >= 0.3 is 0 Å². The van der Waals surface area contributed by atoms with Gasteiger partial charge in [0.15, 0.2) is 0 Å². The highest BCUT2D eigenvalue weighted by Crippen LogP contribution is 2.05. The van der Waals surface area contributed by atoms with Crippen molar-refractivity contribution in [3.8, 4) is 0 Å². The number of halogens is 2. The predicted molar refractivity (Wildman–Crippen MR) is 49.5 cm³/mol. The summed E-state index contributed by atoms with van der Waals surface area (Å²) in [6, 6.07) is 0. The highest BCUT2D eigenvalue weighted by atomic mass is 19.3. The van der Waals surface area contributed by atoms with Crippen LogP contribution >= 0.6 is 0 Å². The molecule has 0 aromatic carbocycles. The second-order valence-corrected chi connectivity index (χ2v) is 2.92. The quantitative estimate of drug-likeness (QED) is 0.734. The Balaban J connectivity index is 2.67. The van der Waals surface area contributed by atoms with E-state index in [0.29, 0.717) is 0 Å². The van der Waals surface area contributed by atoms with Crippen LogP contribution in [0.3, 0.4) is 0 Å². The molecule has 0 aliphatic rings. The molecule has 3 N–H and O–H groups in total. The molecule has 1 aromatic rings. The van der Waals surface area contributed by atoms with Crippen molar-refractivity contribution < 1.29 is 13.6 Å². The molecule has 1 heterocycles. The van der Waals surface area contributed by atoms with Crippen LogP contribution in [0.25, 0.3) is 0 Å². The molecule has 5 nitrogen and oxygen atoms in total. The number of nitrogens with two attached hydrogens (primary N) is 1. The van der Waals surface area contributed by atoms with Gasteiger partial charge in [0.25, 0.3) is 12.3 Å². The van der Waals surface area contributed by atoms with Gasteiger partial charge in [0.05, 0.1) is 18.3 Å². The molecule has 84 valence electrons. The Morgan fingerprint density at radius 2 is 2.40 bits per heavy atom. The van der Waals surface area contributed by atoms with E-state index in [9.17, 15) is 13.6 Å². The predicted octanol–water partition coefficient (Wildman–Crippen LogP) is 0.0757. The lowest BCUT2D eigenvalue weighted by molar-refractivity contribution is 0.0563. The molecule has 0 saturated carbocycles. The van der Waals surface area contributed by atoms with Crippen molar-refractivity contribution in [1.29, 1.82) is 0 Å². The van der Waals surface area contributed by atoms with Crippen molar-refractivity contribution in [3.63, 3.8) is 0 Å². The van der Waals surface area contributed by atoms with Crippen molar-refractivity contribution >= 4 is 5.91 Å². The zero-order valence-electron chi connectivity index (χ0n) is 7.99. The first-order valence-electron chi connectivity index (χ1n) is 4.41. The number of rotatable bonds is 5. The highest BCUT2D eigenvalue weighted by molar-refractivity contribution is 5.93. The second-order valence-electron chi connectivity index (χ2n) is 2.92. The fraction of sp³-hybridized carbons (Fsp3) is 0.500. The van der Waals surface area contributed by atoms with Crippen LogP contribution in [0, 0.1) is 0 Å². The van der Waals surface area contributed by atoms with Crippen LogP contribution in [0.1, 0.15) is 10.4 Å². The fourth-order valence-electron chi connectivity index (χ4n) is 1.15. The minimum absolute atomic E-state index is 0.106. The zero-order valence-corrected chi connectivity index (χ0v) is 7.99. The number of aromatic amines is 1. The maximum Gasteiger partial charge on any atom is 0.257 e. The maximum atomic E-state index is 12.2. The van der Waals surface area contributed by atoms with E-state index in [0.717, 1.165) is 4.90 Å². The molecule has 0 unspecified atom stereocenters. The number of aromatic nitrogens is 2. The number of H-pyrrole nitrogens is 1. The van der Waals surface area contributed by atoms with Gasteiger partial charge < -0.3 is 10.6 Å². The van der Waals surface area contributed by atoms with E-state index >= 15 is 0 Å². The number of amides is 1. The van der Waals surface area contributed by atoms with E-state index in [1.54, 1.807) is 0 Å². The van der Waals surface area contributed by atoms with Crippen molar-refractivity contribution in [2.45, 2.75) is 6.43 Å². The first kappa shape index (κ1) is 11.6. The van der Waals surface area contributed by atoms with Crippen LogP contribution in [0.2, 0.25) is 0 Å². The Kier molecular flexibility index (Phi) is 4.17. The smallest absolute Gasteiger partial charge is 0.257 e. The molecule has 1 aromatic heterocycles. The van der Waals surface area contributed by atoms with Crippen molar-refractivity contribution in [1.82, 2.24) is 15.1 Å². The van der Waals surface area contributed by atoms with E-state index in [1.165, 1.54) is 12.4 Å². The van der Waals surface area contributed by atoms with Crippen LogP contribution in [-0.2, 0) is 0 Å². The molecule has 0 bridgehead atoms. The van der Waals surface area contributed by atoms with Gasteiger partial charge in [-0.15, -0.1) is 0 Å². The summed E-state index contributed by atoms with van der Waals surface area (Å²) in [4.78, 5) is 12.6. The first-order chi connectivity index (χ1) is 7.15. The van der Waals surface area contributed by atoms with Gasteiger partial charge in [0.1, 0.15) is 0 Å². The minimum atomic E-state index is -2.56. The molecule has 0 radical (unpaired) electrons. The molecule has 7 heteroatoms. The Bertz CT molecular complexity index is 302. The Morgan fingerprint density at radius 3 is 2.87 bits per heavy atom. The molecule has 1 amide bonds. The second kappa shape index (κ2) is 5.40. The Hall–Kier alpha value is -1.50. The maximum absolute atomic E-state index is 12.2. The van der Waals surface area contributed by atoms with Crippen LogP contribution in [0.4, 0.5) is 8.78 Å². The van der Waals surface area contributed by atoms with Crippen LogP contribution < -0.4 is 5.73 Å². The summed E-state index contributed by atoms with van der Waals surface area (Å²) < 4.78 is 24.3. The lowest BCUT2D eigenvalue weighted by Crippen LogP contribution is -2.38. The monoisotopic (exact) mass is 218 g/mol. The largest absolute Gasteiger partial charge is 0.332 e. The number of hydrogen-bond donors (Lipinski definition) is 2. The van der Waals surface area contributed by atoms with Gasteiger partial charge in [-0.3, -0.25) is 9.89 Å². The third-order valence-corrected chi connectivity index (χ3v) is 1.79. The summed E-state index contributed by atoms with van der Waals surface area (Å²) in [5.74, 6) is -0.491. The van der Waals surface area contributed by atoms with E-state index < -0.39 is 18.9 Å². The highest BCUT2D eigenvalue weighted by Gasteiger charge is 2.19. The SMILES string of the molecule is NCCN(CC(F)F)C(=O)c1cn[nH]c1. The van der Waals surface area contributed by atoms with Crippen molar-refractivity contribution in [2.24, 2.45) is 5.73 Å². The number of carbonyl (C=O) groups is 1. The number of nitrogens with zero attached hydrogens (tertiary/aromatic N) is 2. The topological polar surface area (TPSA) is 75.0 Å². The molecule has 0 saturated heterocycles. The normalized spacial score (nSPS) is 10.7. The van der Waals surface area contributed by atoms with Gasteiger partial charge in [-0.1, -0.05) is 0 Å². The summed E-state index contributed by atoms with van der Waals surface area (Å²) in [5.41, 5.74) is 5.49. The summed E-state index contributed by atoms with van der Waals surface area (Å²) in [6.45, 7) is -0.355. The van der Waals surface area contributed by atoms with Crippen molar-refractivity contribution in [2.75, 3.05) is 19.6 Å². The van der Waals surface area contributed by atoms with Crippen LogP contribution in [-0.4, -0.2) is 47.1 Å². The molecule has 15 heavy (non-hydrogen) atoms. The number of hydrogen-bond acceptors (Lipinski definition) is 3. The van der Waals surface area contributed by atoms with Gasteiger partial charge in [-0.05, 0) is 0 Å². The molecule has 1 rings (SSSR count). The molecule has 0 fully saturated rings. The Labute approximate surface area is 85.2 Å². The van der Waals surface area contributed by atoms with E-state index in [1.807, 2.05) is 0 Å². The van der Waals surface area contributed by atoms with Crippen molar-refractivity contribution in [3.05, 3.63) is 18.0 Å². The molecular formula is C8H12F2N4O. The summed E-state index contributed by atoms with van der Waals surface area (Å²) in [6.07, 6.45) is 0.0849. The average Bonchev–Trinajstić information content (AvgIpc) is 2.68.